The highest BCUT2D eigenvalue weighted by Crippen LogP contribution is 2.13. The van der Waals surface area contributed by atoms with E-state index in [9.17, 15) is 4.79 Å². The first-order valence-electron chi connectivity index (χ1n) is 5.56. The van der Waals surface area contributed by atoms with Crippen LogP contribution < -0.4 is 0 Å². The molecule has 0 aliphatic heterocycles. The lowest BCUT2D eigenvalue weighted by atomic mass is 10.3. The fraction of sp³-hybridized carbons (Fsp3) is 0.545. The van der Waals surface area contributed by atoms with E-state index in [0.717, 1.165) is 29.9 Å². The average Bonchev–Trinajstić information content (AvgIpc) is 2.65. The molecule has 1 heterocycles. The van der Waals surface area contributed by atoms with Crippen LogP contribution in [0.4, 0.5) is 4.79 Å². The van der Waals surface area contributed by atoms with E-state index >= 15 is 0 Å². The van der Waals surface area contributed by atoms with E-state index in [2.05, 4.69) is 5.10 Å². The Morgan fingerprint density at radius 1 is 1.61 bits per heavy atom. The highest BCUT2D eigenvalue weighted by molar-refractivity contribution is 8.20. The fourth-order valence-electron chi connectivity index (χ4n) is 1.19. The predicted molar refractivity (Wildman–Crippen MR) is 74.6 cm³/mol. The van der Waals surface area contributed by atoms with Crippen molar-refractivity contribution in [2.24, 2.45) is 0 Å². The average molecular weight is 288 g/mol. The molecule has 0 radical (unpaired) electrons. The highest BCUT2D eigenvalue weighted by Gasteiger charge is 2.14. The monoisotopic (exact) mass is 288 g/mol. The first kappa shape index (κ1) is 15.0. The Balaban J connectivity index is 2.47. The Morgan fingerprint density at radius 2 is 2.28 bits per heavy atom. The molecular weight excluding hydrogens is 272 g/mol. The summed E-state index contributed by atoms with van der Waals surface area (Å²) < 4.78 is 11.7. The zero-order valence-electron chi connectivity index (χ0n) is 10.8. The summed E-state index contributed by atoms with van der Waals surface area (Å²) >= 11 is 5.89. The molecule has 0 aliphatic rings. The molecule has 18 heavy (non-hydrogen) atoms. The molecule has 1 unspecified atom stereocenters. The topological polar surface area (TPSA) is 53.4 Å². The van der Waals surface area contributed by atoms with Crippen molar-refractivity contribution in [2.45, 2.75) is 40.2 Å². The summed E-state index contributed by atoms with van der Waals surface area (Å²) in [6.45, 7) is 7.47. The summed E-state index contributed by atoms with van der Waals surface area (Å²) in [5.74, 6) is 0. The van der Waals surface area contributed by atoms with E-state index in [1.54, 1.807) is 11.6 Å². The Labute approximate surface area is 116 Å². The Kier molecular flexibility index (Phi) is 5.61. The van der Waals surface area contributed by atoms with Gasteiger partial charge in [-0.15, -0.1) is 0 Å². The van der Waals surface area contributed by atoms with Crippen LogP contribution in [-0.4, -0.2) is 26.4 Å². The van der Waals surface area contributed by atoms with Crippen LogP contribution >= 0.6 is 24.3 Å². The second-order valence-electron chi connectivity index (χ2n) is 3.86. The number of aromatic nitrogens is 2. The number of hydrogen-bond acceptors (Lipinski definition) is 6. The Hall–Kier alpha value is -1.08. The minimum atomic E-state index is -0.738. The van der Waals surface area contributed by atoms with Gasteiger partial charge >= 0.3 is 6.16 Å². The van der Waals surface area contributed by atoms with Crippen molar-refractivity contribution in [3.63, 3.8) is 0 Å². The molecule has 0 aromatic carbocycles. The zero-order chi connectivity index (χ0) is 13.7. The maximum Gasteiger partial charge on any atom is 0.521 e. The van der Waals surface area contributed by atoms with Crippen molar-refractivity contribution in [2.75, 3.05) is 0 Å². The second kappa shape index (κ2) is 6.75. The van der Waals surface area contributed by atoms with Gasteiger partial charge in [0, 0.05) is 5.69 Å². The van der Waals surface area contributed by atoms with E-state index < -0.39 is 6.16 Å². The lowest BCUT2D eigenvalue weighted by Crippen LogP contribution is -2.15. The smallest absolute Gasteiger partial charge is 0.431 e. The highest BCUT2D eigenvalue weighted by atomic mass is 32.2. The molecule has 1 atom stereocenters. The number of ether oxygens (including phenoxy) is 1. The number of thiocarbonyl (C=S) groups is 1. The summed E-state index contributed by atoms with van der Waals surface area (Å²) in [6.07, 6.45) is -0.166. The summed E-state index contributed by atoms with van der Waals surface area (Å²) in [5, 5.41) is 4.19. The zero-order valence-corrected chi connectivity index (χ0v) is 12.4. The molecule has 0 bridgehead atoms. The van der Waals surface area contributed by atoms with Crippen LogP contribution in [-0.2, 0) is 8.92 Å². The van der Waals surface area contributed by atoms with Crippen LogP contribution in [0.1, 0.15) is 31.7 Å². The van der Waals surface area contributed by atoms with Crippen LogP contribution in [0, 0.1) is 13.8 Å². The van der Waals surface area contributed by atoms with Crippen LogP contribution in [0.5, 0.6) is 0 Å². The first-order valence-corrected chi connectivity index (χ1v) is 6.71. The maximum atomic E-state index is 11.3. The number of rotatable bonds is 2. The Bertz CT molecular complexity index is 445. The molecule has 5 nitrogen and oxygen atoms in total. The maximum absolute atomic E-state index is 11.3. The van der Waals surface area contributed by atoms with Gasteiger partial charge in [-0.25, -0.2) is 9.48 Å². The van der Waals surface area contributed by atoms with Gasteiger partial charge in [0.1, 0.15) is 18.1 Å². The minimum Gasteiger partial charge on any atom is -0.431 e. The van der Waals surface area contributed by atoms with Crippen molar-refractivity contribution >= 4 is 34.7 Å². The van der Waals surface area contributed by atoms with E-state index in [0.29, 0.717) is 4.32 Å². The molecule has 0 fully saturated rings. The van der Waals surface area contributed by atoms with Gasteiger partial charge in [0.05, 0.1) is 5.69 Å². The molecule has 0 saturated carbocycles. The molecule has 1 aromatic heterocycles. The third-order valence-electron chi connectivity index (χ3n) is 2.24. The van der Waals surface area contributed by atoms with Gasteiger partial charge in [0.15, 0.2) is 0 Å². The van der Waals surface area contributed by atoms with Gasteiger partial charge in [0.25, 0.3) is 0 Å². The fourth-order valence-corrected chi connectivity index (χ4v) is 1.91. The molecular formula is C11H16N2O3S2. The van der Waals surface area contributed by atoms with Crippen molar-refractivity contribution in [3.05, 3.63) is 17.5 Å². The SMILES string of the molecule is CCC(C)OC(=O)OSC(=S)n1nc(C)cc1C. The van der Waals surface area contributed by atoms with Crippen LogP contribution in [0.15, 0.2) is 6.07 Å². The first-order chi connectivity index (χ1) is 8.43. The van der Waals surface area contributed by atoms with Crippen LogP contribution in [0.25, 0.3) is 0 Å². The largest absolute Gasteiger partial charge is 0.521 e. The normalized spacial score (nSPS) is 12.0. The van der Waals surface area contributed by atoms with Crippen LogP contribution in [0.2, 0.25) is 0 Å². The van der Waals surface area contributed by atoms with Gasteiger partial charge in [0.2, 0.25) is 4.32 Å². The summed E-state index contributed by atoms with van der Waals surface area (Å²) in [5.41, 5.74) is 1.75. The summed E-state index contributed by atoms with van der Waals surface area (Å²) in [6, 6.07) is 1.89. The lowest BCUT2D eigenvalue weighted by Gasteiger charge is -2.10. The predicted octanol–water partition coefficient (Wildman–Crippen LogP) is 3.23. The summed E-state index contributed by atoms with van der Waals surface area (Å²) in [4.78, 5) is 11.3. The van der Waals surface area contributed by atoms with Gasteiger partial charge in [-0.2, -0.15) is 5.10 Å². The molecule has 1 rings (SSSR count). The number of carbonyl (C=O) groups is 1. The van der Waals surface area contributed by atoms with E-state index in [4.69, 9.17) is 21.1 Å². The molecule has 1 aromatic rings. The van der Waals surface area contributed by atoms with Crippen molar-refractivity contribution in [1.29, 1.82) is 0 Å². The van der Waals surface area contributed by atoms with Crippen molar-refractivity contribution in [3.8, 4) is 0 Å². The molecule has 0 saturated heterocycles. The van der Waals surface area contributed by atoms with Crippen molar-refractivity contribution < 1.29 is 13.7 Å². The second-order valence-corrected chi connectivity index (χ2v) is 5.22. The van der Waals surface area contributed by atoms with Crippen molar-refractivity contribution in [1.82, 2.24) is 9.78 Å². The van der Waals surface area contributed by atoms with Crippen LogP contribution in [0.3, 0.4) is 0 Å². The summed E-state index contributed by atoms with van der Waals surface area (Å²) in [7, 11) is 0. The minimum absolute atomic E-state index is 0.166. The van der Waals surface area contributed by atoms with Gasteiger partial charge in [-0.1, -0.05) is 6.92 Å². The number of nitrogens with zero attached hydrogens (tertiary/aromatic N) is 2. The quantitative estimate of drug-likeness (QED) is 0.473. The standard InChI is InChI=1S/C11H16N2O3S2/c1-5-9(4)15-11(14)16-18-10(17)13-8(3)6-7(2)12-13/h6,9H,5H2,1-4H3. The van der Waals surface area contributed by atoms with E-state index in [-0.39, 0.29) is 6.10 Å². The number of hydrogen-bond donors (Lipinski definition) is 0. The molecule has 0 amide bonds. The molecule has 0 N–H and O–H groups in total. The number of carbonyl (C=O) groups excluding carboxylic acids is 1. The van der Waals surface area contributed by atoms with Gasteiger partial charge < -0.3 is 8.92 Å². The Morgan fingerprint density at radius 3 is 2.78 bits per heavy atom. The molecule has 0 spiro atoms. The molecule has 100 valence electrons. The van der Waals surface area contributed by atoms with Gasteiger partial charge in [-0.3, -0.25) is 0 Å². The molecule has 7 heteroatoms. The third-order valence-corrected chi connectivity index (χ3v) is 3.15. The number of aryl methyl sites for hydroxylation is 2. The van der Waals surface area contributed by atoms with Gasteiger partial charge in [-0.05, 0) is 45.5 Å². The lowest BCUT2D eigenvalue weighted by molar-refractivity contribution is 0.0705. The van der Waals surface area contributed by atoms with E-state index in [1.807, 2.05) is 26.8 Å². The van der Waals surface area contributed by atoms with E-state index in [1.165, 1.54) is 0 Å². The third kappa shape index (κ3) is 4.30. The molecule has 0 aliphatic carbocycles.